The molecule has 3 aliphatic rings. The minimum atomic E-state index is -0.571. The lowest BCUT2D eigenvalue weighted by atomic mass is 9.71. The number of fused-ring (bicyclic) bond motifs is 5. The second-order valence-corrected chi connectivity index (χ2v) is 6.55. The zero-order chi connectivity index (χ0) is 14.1. The number of carbonyl (C=O) groups is 2. The molecule has 0 aromatic heterocycles. The molecule has 1 aliphatic heterocycles. The Balaban J connectivity index is 1.82. The van der Waals surface area contributed by atoms with Gasteiger partial charge in [0.05, 0.1) is 17.0 Å². The number of halogens is 1. The second kappa shape index (κ2) is 3.73. The lowest BCUT2D eigenvalue weighted by Gasteiger charge is -2.28. The van der Waals surface area contributed by atoms with Crippen LogP contribution in [-0.4, -0.2) is 11.8 Å². The molecular weight excluding hydrogens is 274 g/mol. The lowest BCUT2D eigenvalue weighted by molar-refractivity contribution is -0.127. The number of hydrogen-bond donors (Lipinski definition) is 0. The van der Waals surface area contributed by atoms with Crippen LogP contribution in [0.2, 0.25) is 5.02 Å². The van der Waals surface area contributed by atoms with Gasteiger partial charge in [0.1, 0.15) is 0 Å². The van der Waals surface area contributed by atoms with Crippen molar-refractivity contribution < 1.29 is 9.59 Å². The van der Waals surface area contributed by atoms with Crippen LogP contribution in [-0.2, 0) is 9.59 Å². The summed E-state index contributed by atoms with van der Waals surface area (Å²) in [5.41, 5.74) is 0.0151. The number of nitrogens with zero attached hydrogens (tertiary/aromatic N) is 1. The minimum absolute atomic E-state index is 0.0726. The van der Waals surface area contributed by atoms with E-state index in [1.807, 2.05) is 6.92 Å². The first-order chi connectivity index (χ1) is 9.53. The summed E-state index contributed by atoms with van der Waals surface area (Å²) in [6.07, 6.45) is 5.14. The Kier molecular flexibility index (Phi) is 2.27. The summed E-state index contributed by atoms with van der Waals surface area (Å²) in [6, 6.07) is 6.95. The fourth-order valence-corrected chi connectivity index (χ4v) is 4.35. The highest BCUT2D eigenvalue weighted by Crippen LogP contribution is 2.60. The Morgan fingerprint density at radius 3 is 2.80 bits per heavy atom. The Hall–Kier alpha value is -1.61. The first-order valence-electron chi connectivity index (χ1n) is 6.86. The molecule has 4 rings (SSSR count). The zero-order valence-electron chi connectivity index (χ0n) is 11.0. The maximum Gasteiger partial charge on any atom is 0.241 e. The van der Waals surface area contributed by atoms with E-state index in [9.17, 15) is 9.59 Å². The quantitative estimate of drug-likeness (QED) is 0.588. The smallest absolute Gasteiger partial charge is 0.241 e. The van der Waals surface area contributed by atoms with E-state index >= 15 is 0 Å². The summed E-state index contributed by atoms with van der Waals surface area (Å²) in [7, 11) is 0. The highest BCUT2D eigenvalue weighted by Gasteiger charge is 2.67. The predicted molar refractivity (Wildman–Crippen MR) is 76.3 cm³/mol. The van der Waals surface area contributed by atoms with Crippen molar-refractivity contribution in [1.29, 1.82) is 0 Å². The topological polar surface area (TPSA) is 37.4 Å². The van der Waals surface area contributed by atoms with E-state index < -0.39 is 5.41 Å². The molecule has 2 fully saturated rings. The van der Waals surface area contributed by atoms with E-state index in [0.29, 0.717) is 10.7 Å². The molecule has 0 N–H and O–H groups in total. The average Bonchev–Trinajstić information content (AvgIpc) is 3.03. The standard InChI is InChI=1S/C16H14ClNO2/c1-16-10-6-5-9(7-10)13(16)14(19)18(15(16)20)12-4-2-3-11(17)8-12/h2-6,8-10,13H,7H2,1H3/t9-,10-,13-,16+/m0/s1. The van der Waals surface area contributed by atoms with Crippen molar-refractivity contribution in [3.63, 3.8) is 0 Å². The van der Waals surface area contributed by atoms with Gasteiger partial charge in [-0.3, -0.25) is 9.59 Å². The van der Waals surface area contributed by atoms with Crippen LogP contribution in [0.3, 0.4) is 0 Å². The number of allylic oxidation sites excluding steroid dienone is 2. The molecule has 0 unspecified atom stereocenters. The van der Waals surface area contributed by atoms with E-state index in [1.165, 1.54) is 4.90 Å². The van der Waals surface area contributed by atoms with Crippen molar-refractivity contribution in [3.8, 4) is 0 Å². The van der Waals surface area contributed by atoms with Crippen LogP contribution in [0.15, 0.2) is 36.4 Å². The first kappa shape index (κ1) is 12.2. The number of amides is 2. The first-order valence-corrected chi connectivity index (χ1v) is 7.23. The van der Waals surface area contributed by atoms with Crippen LogP contribution in [0, 0.1) is 23.2 Å². The Bertz CT molecular complexity index is 668. The van der Waals surface area contributed by atoms with Gasteiger partial charge in [-0.2, -0.15) is 0 Å². The number of carbonyl (C=O) groups excluding carboxylic acids is 2. The summed E-state index contributed by atoms with van der Waals surface area (Å²) in [5.74, 6) is 0.0518. The van der Waals surface area contributed by atoms with Gasteiger partial charge in [-0.1, -0.05) is 29.8 Å². The molecule has 102 valence electrons. The van der Waals surface area contributed by atoms with Gasteiger partial charge >= 0.3 is 0 Å². The lowest BCUT2D eigenvalue weighted by Crippen LogP contribution is -2.37. The molecule has 2 bridgehead atoms. The van der Waals surface area contributed by atoms with Crippen LogP contribution < -0.4 is 4.90 Å². The molecule has 1 heterocycles. The molecular formula is C16H14ClNO2. The molecule has 3 nitrogen and oxygen atoms in total. The van der Waals surface area contributed by atoms with Gasteiger partial charge in [-0.05, 0) is 43.4 Å². The van der Waals surface area contributed by atoms with E-state index in [0.717, 1.165) is 6.42 Å². The normalized spacial score (nSPS) is 37.9. The van der Waals surface area contributed by atoms with Gasteiger partial charge in [0.2, 0.25) is 11.8 Å². The maximum absolute atomic E-state index is 12.8. The second-order valence-electron chi connectivity index (χ2n) is 6.11. The van der Waals surface area contributed by atoms with Gasteiger partial charge in [0, 0.05) is 5.02 Å². The van der Waals surface area contributed by atoms with Gasteiger partial charge in [-0.15, -0.1) is 0 Å². The molecule has 1 aromatic rings. The van der Waals surface area contributed by atoms with Crippen LogP contribution in [0.5, 0.6) is 0 Å². The molecule has 0 spiro atoms. The van der Waals surface area contributed by atoms with E-state index in [4.69, 9.17) is 11.6 Å². The number of imide groups is 1. The molecule has 4 heteroatoms. The van der Waals surface area contributed by atoms with Crippen molar-refractivity contribution >= 4 is 29.1 Å². The molecule has 1 saturated carbocycles. The van der Waals surface area contributed by atoms with Crippen molar-refractivity contribution in [1.82, 2.24) is 0 Å². The van der Waals surface area contributed by atoms with E-state index in [1.54, 1.807) is 24.3 Å². The van der Waals surface area contributed by atoms with Crippen LogP contribution in [0.4, 0.5) is 5.69 Å². The summed E-state index contributed by atoms with van der Waals surface area (Å²) < 4.78 is 0. The minimum Gasteiger partial charge on any atom is -0.274 e. The van der Waals surface area contributed by atoms with Crippen LogP contribution in [0.25, 0.3) is 0 Å². The molecule has 1 aromatic carbocycles. The van der Waals surface area contributed by atoms with Crippen LogP contribution in [0.1, 0.15) is 13.3 Å². The monoisotopic (exact) mass is 287 g/mol. The molecule has 2 aliphatic carbocycles. The van der Waals surface area contributed by atoms with Gasteiger partial charge < -0.3 is 0 Å². The van der Waals surface area contributed by atoms with Gasteiger partial charge in [-0.25, -0.2) is 4.90 Å². The summed E-state index contributed by atoms with van der Waals surface area (Å²) in [5, 5.41) is 0.534. The number of benzene rings is 1. The van der Waals surface area contributed by atoms with Gasteiger partial charge in [0.15, 0.2) is 0 Å². The highest BCUT2D eigenvalue weighted by molar-refractivity contribution is 6.31. The largest absolute Gasteiger partial charge is 0.274 e. The molecule has 20 heavy (non-hydrogen) atoms. The maximum atomic E-state index is 12.8. The third kappa shape index (κ3) is 1.27. The van der Waals surface area contributed by atoms with Crippen molar-refractivity contribution in [2.24, 2.45) is 23.2 Å². The average molecular weight is 288 g/mol. The number of hydrogen-bond acceptors (Lipinski definition) is 2. The van der Waals surface area contributed by atoms with Crippen molar-refractivity contribution in [3.05, 3.63) is 41.4 Å². The zero-order valence-corrected chi connectivity index (χ0v) is 11.8. The predicted octanol–water partition coefficient (Wildman–Crippen LogP) is 3.04. The van der Waals surface area contributed by atoms with Crippen LogP contribution >= 0.6 is 11.6 Å². The number of anilines is 1. The molecule has 1 saturated heterocycles. The SMILES string of the molecule is C[C@]12C(=O)N(c3cccc(Cl)c3)C(=O)[C@@H]1[C@H]1C=C[C@H]2C1. The molecule has 0 radical (unpaired) electrons. The summed E-state index contributed by atoms with van der Waals surface area (Å²) in [6.45, 7) is 1.94. The number of rotatable bonds is 1. The Labute approximate surface area is 122 Å². The Morgan fingerprint density at radius 1 is 1.30 bits per heavy atom. The molecule has 4 atom stereocenters. The molecule has 2 amide bonds. The highest BCUT2D eigenvalue weighted by atomic mass is 35.5. The van der Waals surface area contributed by atoms with Crippen molar-refractivity contribution in [2.75, 3.05) is 4.90 Å². The third-order valence-corrected chi connectivity index (χ3v) is 5.41. The summed E-state index contributed by atoms with van der Waals surface area (Å²) >= 11 is 5.98. The van der Waals surface area contributed by atoms with Crippen molar-refractivity contribution in [2.45, 2.75) is 13.3 Å². The fraction of sp³-hybridized carbons (Fsp3) is 0.375. The third-order valence-electron chi connectivity index (χ3n) is 5.18. The van der Waals surface area contributed by atoms with E-state index in [2.05, 4.69) is 12.2 Å². The van der Waals surface area contributed by atoms with Gasteiger partial charge in [0.25, 0.3) is 0 Å². The Morgan fingerprint density at radius 2 is 2.10 bits per heavy atom. The fourth-order valence-electron chi connectivity index (χ4n) is 4.17. The van der Waals surface area contributed by atoms with E-state index in [-0.39, 0.29) is 29.6 Å². The summed E-state index contributed by atoms with van der Waals surface area (Å²) in [4.78, 5) is 26.9.